The number of primary amides is 1. The summed E-state index contributed by atoms with van der Waals surface area (Å²) in [5.41, 5.74) is 10.4. The zero-order valence-corrected chi connectivity index (χ0v) is 13.5. The fraction of sp³-hybridized carbons (Fsp3) is 0. The minimum absolute atomic E-state index is 0.00881. The van der Waals surface area contributed by atoms with Crippen LogP contribution in [0.1, 0.15) is 10.4 Å². The number of carbonyl (C=O) groups excluding carboxylic acids is 1. The quantitative estimate of drug-likeness (QED) is 0.342. The predicted molar refractivity (Wildman–Crippen MR) is 90.8 cm³/mol. The third-order valence-electron chi connectivity index (χ3n) is 2.84. The molecule has 9 nitrogen and oxygen atoms in total. The molecular formula is C13H10N4O5S2. The monoisotopic (exact) mass is 366 g/mol. The maximum absolute atomic E-state index is 11.1. The molecule has 0 heterocycles. The van der Waals surface area contributed by atoms with Crippen molar-refractivity contribution in [3.63, 3.8) is 0 Å². The summed E-state index contributed by atoms with van der Waals surface area (Å²) in [6.07, 6.45) is 0. The van der Waals surface area contributed by atoms with E-state index in [1.54, 1.807) is 0 Å². The maximum atomic E-state index is 11.1. The van der Waals surface area contributed by atoms with Gasteiger partial charge in [-0.05, 0) is 45.9 Å². The molecule has 0 saturated carbocycles. The second-order valence-electron chi connectivity index (χ2n) is 4.45. The van der Waals surface area contributed by atoms with Crippen LogP contribution in [-0.4, -0.2) is 15.8 Å². The molecule has 0 aliphatic carbocycles. The smallest absolute Gasteiger partial charge is 0.285 e. The fourth-order valence-corrected chi connectivity index (χ4v) is 3.97. The molecule has 2 aromatic rings. The van der Waals surface area contributed by atoms with Gasteiger partial charge in [-0.1, -0.05) is 0 Å². The van der Waals surface area contributed by atoms with Gasteiger partial charge < -0.3 is 11.5 Å². The molecule has 11 heteroatoms. The normalized spacial score (nSPS) is 10.3. The highest BCUT2D eigenvalue weighted by Gasteiger charge is 2.20. The van der Waals surface area contributed by atoms with E-state index >= 15 is 0 Å². The first-order valence-corrected chi connectivity index (χ1v) is 8.41. The zero-order chi connectivity index (χ0) is 17.9. The van der Waals surface area contributed by atoms with E-state index < -0.39 is 15.8 Å². The van der Waals surface area contributed by atoms with Crippen molar-refractivity contribution in [1.82, 2.24) is 0 Å². The van der Waals surface area contributed by atoms with E-state index in [1.807, 2.05) is 0 Å². The van der Waals surface area contributed by atoms with Crippen LogP contribution in [0.3, 0.4) is 0 Å². The van der Waals surface area contributed by atoms with Gasteiger partial charge in [0.05, 0.1) is 19.6 Å². The van der Waals surface area contributed by atoms with Crippen molar-refractivity contribution in [3.05, 3.63) is 62.2 Å². The summed E-state index contributed by atoms with van der Waals surface area (Å²) in [4.78, 5) is 32.6. The van der Waals surface area contributed by atoms with E-state index in [-0.39, 0.29) is 27.5 Å². The predicted octanol–water partition coefficient (Wildman–Crippen LogP) is 2.98. The van der Waals surface area contributed by atoms with Crippen LogP contribution in [0.4, 0.5) is 17.1 Å². The van der Waals surface area contributed by atoms with E-state index in [0.29, 0.717) is 4.90 Å². The van der Waals surface area contributed by atoms with Gasteiger partial charge in [-0.15, -0.1) is 0 Å². The van der Waals surface area contributed by atoms with Crippen LogP contribution in [0.5, 0.6) is 0 Å². The summed E-state index contributed by atoms with van der Waals surface area (Å²) < 4.78 is 0. The highest BCUT2D eigenvalue weighted by molar-refractivity contribution is 8.76. The lowest BCUT2D eigenvalue weighted by Gasteiger charge is -2.05. The largest absolute Gasteiger partial charge is 0.399 e. The molecular weight excluding hydrogens is 356 g/mol. The Morgan fingerprint density at radius 1 is 0.917 bits per heavy atom. The Labute approximate surface area is 143 Å². The van der Waals surface area contributed by atoms with Crippen molar-refractivity contribution in [2.75, 3.05) is 5.73 Å². The molecule has 2 rings (SSSR count). The standard InChI is InChI=1S/C13H10N4O5S2/c14-8-2-4-12(10(6-8)17(21)22)24-23-11-3-1-7(13(15)18)5-9(11)16(19)20/h1-6H,14H2,(H2,15,18). The lowest BCUT2D eigenvalue weighted by Crippen LogP contribution is -2.11. The van der Waals surface area contributed by atoms with Gasteiger partial charge in [0, 0.05) is 23.4 Å². The number of nitro benzene ring substituents is 2. The van der Waals surface area contributed by atoms with Crippen molar-refractivity contribution in [1.29, 1.82) is 0 Å². The summed E-state index contributed by atoms with van der Waals surface area (Å²) in [5, 5.41) is 22.2. The molecule has 124 valence electrons. The average molecular weight is 366 g/mol. The number of anilines is 1. The molecule has 0 fully saturated rings. The number of benzene rings is 2. The van der Waals surface area contributed by atoms with Crippen LogP contribution in [0, 0.1) is 20.2 Å². The molecule has 0 aliphatic rings. The number of hydrogen-bond donors (Lipinski definition) is 2. The van der Waals surface area contributed by atoms with Crippen LogP contribution in [0.25, 0.3) is 0 Å². The van der Waals surface area contributed by atoms with E-state index in [9.17, 15) is 25.0 Å². The molecule has 0 atom stereocenters. The first-order valence-electron chi connectivity index (χ1n) is 6.26. The second-order valence-corrected chi connectivity index (χ2v) is 6.67. The first kappa shape index (κ1) is 17.6. The summed E-state index contributed by atoms with van der Waals surface area (Å²) in [5.74, 6) is -0.781. The molecule has 24 heavy (non-hydrogen) atoms. The second kappa shape index (κ2) is 7.19. The molecule has 0 spiro atoms. The molecule has 4 N–H and O–H groups in total. The number of amides is 1. The minimum atomic E-state index is -0.781. The van der Waals surface area contributed by atoms with E-state index in [2.05, 4.69) is 0 Å². The average Bonchev–Trinajstić information content (AvgIpc) is 2.53. The molecule has 2 aromatic carbocycles. The number of hydrogen-bond acceptors (Lipinski definition) is 8. The zero-order valence-electron chi connectivity index (χ0n) is 11.9. The lowest BCUT2D eigenvalue weighted by atomic mass is 10.2. The van der Waals surface area contributed by atoms with E-state index in [4.69, 9.17) is 11.5 Å². The van der Waals surface area contributed by atoms with Crippen molar-refractivity contribution in [2.45, 2.75) is 9.79 Å². The summed E-state index contributed by atoms with van der Waals surface area (Å²) in [6, 6.07) is 7.99. The highest BCUT2D eigenvalue weighted by Crippen LogP contribution is 2.45. The minimum Gasteiger partial charge on any atom is -0.399 e. The van der Waals surface area contributed by atoms with Gasteiger partial charge in [-0.3, -0.25) is 25.0 Å². The number of carbonyl (C=O) groups is 1. The summed E-state index contributed by atoms with van der Waals surface area (Å²) in [7, 11) is 1.95. The Morgan fingerprint density at radius 3 is 1.92 bits per heavy atom. The van der Waals surface area contributed by atoms with Crippen LogP contribution >= 0.6 is 21.6 Å². The molecule has 0 unspecified atom stereocenters. The maximum Gasteiger partial charge on any atom is 0.285 e. The molecule has 0 radical (unpaired) electrons. The Hall–Kier alpha value is -2.79. The topological polar surface area (TPSA) is 155 Å². The van der Waals surface area contributed by atoms with Gasteiger partial charge >= 0.3 is 0 Å². The Balaban J connectivity index is 2.31. The van der Waals surface area contributed by atoms with Crippen LogP contribution in [0.2, 0.25) is 0 Å². The summed E-state index contributed by atoms with van der Waals surface area (Å²) in [6.45, 7) is 0. The van der Waals surface area contributed by atoms with Gasteiger partial charge in [-0.25, -0.2) is 0 Å². The summed E-state index contributed by atoms with van der Waals surface area (Å²) >= 11 is 0. The molecule has 1 amide bonds. The fourth-order valence-electron chi connectivity index (χ4n) is 1.72. The van der Waals surface area contributed by atoms with Gasteiger partial charge in [0.15, 0.2) is 0 Å². The van der Waals surface area contributed by atoms with Gasteiger partial charge in [0.1, 0.15) is 0 Å². The number of nitro groups is 2. The third kappa shape index (κ3) is 3.94. The highest BCUT2D eigenvalue weighted by atomic mass is 33.1. The number of rotatable bonds is 6. The molecule has 0 aliphatic heterocycles. The first-order chi connectivity index (χ1) is 11.3. The molecule has 0 aromatic heterocycles. The van der Waals surface area contributed by atoms with Crippen molar-refractivity contribution >= 4 is 44.6 Å². The van der Waals surface area contributed by atoms with Crippen molar-refractivity contribution in [3.8, 4) is 0 Å². The SMILES string of the molecule is NC(=O)c1ccc(SSc2ccc(N)cc2[N+](=O)[O-])c([N+](=O)[O-])c1. The van der Waals surface area contributed by atoms with Crippen LogP contribution in [0.15, 0.2) is 46.2 Å². The van der Waals surface area contributed by atoms with Gasteiger partial charge in [-0.2, -0.15) is 0 Å². The number of nitrogens with zero attached hydrogens (tertiary/aromatic N) is 2. The Kier molecular flexibility index (Phi) is 5.26. The molecule has 0 bridgehead atoms. The third-order valence-corrected chi connectivity index (χ3v) is 5.30. The Bertz CT molecular complexity index is 843. The van der Waals surface area contributed by atoms with E-state index in [1.165, 1.54) is 30.3 Å². The van der Waals surface area contributed by atoms with Crippen LogP contribution < -0.4 is 11.5 Å². The van der Waals surface area contributed by atoms with Crippen molar-refractivity contribution < 1.29 is 14.6 Å². The lowest BCUT2D eigenvalue weighted by molar-refractivity contribution is -0.387. The van der Waals surface area contributed by atoms with E-state index in [0.717, 1.165) is 27.7 Å². The van der Waals surface area contributed by atoms with Gasteiger partial charge in [0.2, 0.25) is 5.91 Å². The van der Waals surface area contributed by atoms with Gasteiger partial charge in [0.25, 0.3) is 11.4 Å². The number of nitrogen functional groups attached to an aromatic ring is 1. The number of nitrogens with two attached hydrogens (primary N) is 2. The molecule has 0 saturated heterocycles. The van der Waals surface area contributed by atoms with Crippen molar-refractivity contribution in [2.24, 2.45) is 5.73 Å². The van der Waals surface area contributed by atoms with Crippen LogP contribution in [-0.2, 0) is 0 Å². The Morgan fingerprint density at radius 2 is 1.42 bits per heavy atom.